The van der Waals surface area contributed by atoms with Crippen molar-refractivity contribution in [3.8, 4) is 5.75 Å². The van der Waals surface area contributed by atoms with Gasteiger partial charge in [-0.15, -0.1) is 16.9 Å². The van der Waals surface area contributed by atoms with Crippen molar-refractivity contribution in [3.63, 3.8) is 0 Å². The number of fused-ring (bicyclic) bond motifs is 1. The van der Waals surface area contributed by atoms with Crippen molar-refractivity contribution >= 4 is 29.5 Å². The van der Waals surface area contributed by atoms with E-state index in [4.69, 9.17) is 4.74 Å². The number of nitrogens with zero attached hydrogens (tertiary/aromatic N) is 4. The number of hydrogen-bond donors (Lipinski definition) is 3. The number of carboxylic acids is 1. The van der Waals surface area contributed by atoms with Gasteiger partial charge in [0.05, 0.1) is 0 Å². The number of tetrazole rings is 1. The Labute approximate surface area is 170 Å². The summed E-state index contributed by atoms with van der Waals surface area (Å²) >= 11 is 1.39. The van der Waals surface area contributed by atoms with Crippen molar-refractivity contribution in [3.05, 3.63) is 36.7 Å². The number of aromatic amines is 1. The predicted molar refractivity (Wildman–Crippen MR) is 102 cm³/mol. The molecule has 0 saturated carbocycles. The third kappa shape index (κ3) is 4.47. The lowest BCUT2D eigenvalue weighted by atomic mass is 9.96. The number of H-pyrrole nitrogens is 1. The van der Waals surface area contributed by atoms with E-state index in [1.807, 2.05) is 6.07 Å². The first kappa shape index (κ1) is 20.6. The molecular formula is C17H20N6O5S. The van der Waals surface area contributed by atoms with Crippen LogP contribution >= 0.6 is 11.8 Å². The van der Waals surface area contributed by atoms with Crippen LogP contribution in [0.2, 0.25) is 0 Å². The minimum atomic E-state index is -1.03. The fourth-order valence-corrected chi connectivity index (χ4v) is 4.78. The number of amides is 2. The Kier molecular flexibility index (Phi) is 6.01. The molecule has 0 spiro atoms. The van der Waals surface area contributed by atoms with Gasteiger partial charge in [-0.1, -0.05) is 18.2 Å². The van der Waals surface area contributed by atoms with Crippen LogP contribution in [0.4, 0.5) is 0 Å². The molecule has 3 atom stereocenters. The van der Waals surface area contributed by atoms with Crippen molar-refractivity contribution in [2.24, 2.45) is 0 Å². The highest BCUT2D eigenvalue weighted by Gasteiger charge is 2.64. The van der Waals surface area contributed by atoms with Crippen LogP contribution in [0.1, 0.15) is 13.8 Å². The highest BCUT2D eigenvalue weighted by atomic mass is 32.2. The van der Waals surface area contributed by atoms with Gasteiger partial charge >= 0.3 is 5.97 Å². The van der Waals surface area contributed by atoms with E-state index in [0.717, 1.165) is 0 Å². The van der Waals surface area contributed by atoms with Crippen molar-refractivity contribution in [1.29, 1.82) is 0 Å². The summed E-state index contributed by atoms with van der Waals surface area (Å²) in [5.74, 6) is -1.23. The second kappa shape index (κ2) is 8.47. The molecule has 2 saturated heterocycles. The maximum atomic E-state index is 12.2. The van der Waals surface area contributed by atoms with Crippen molar-refractivity contribution in [1.82, 2.24) is 30.8 Å². The van der Waals surface area contributed by atoms with Crippen LogP contribution < -0.4 is 10.1 Å². The number of carbonyl (C=O) groups excluding carboxylic acids is 2. The molecule has 1 aromatic heterocycles. The van der Waals surface area contributed by atoms with Crippen molar-refractivity contribution in [2.45, 2.75) is 36.1 Å². The maximum Gasteiger partial charge on any atom is 0.327 e. The molecule has 2 fully saturated rings. The minimum Gasteiger partial charge on any atom is -0.484 e. The molecule has 29 heavy (non-hydrogen) atoms. The van der Waals surface area contributed by atoms with Crippen LogP contribution in [0.15, 0.2) is 36.7 Å². The van der Waals surface area contributed by atoms with Crippen LogP contribution in [-0.4, -0.2) is 77.2 Å². The van der Waals surface area contributed by atoms with Crippen LogP contribution in [0.5, 0.6) is 5.75 Å². The largest absolute Gasteiger partial charge is 0.484 e. The molecule has 4 rings (SSSR count). The summed E-state index contributed by atoms with van der Waals surface area (Å²) in [4.78, 5) is 37.0. The Morgan fingerprint density at radius 1 is 1.34 bits per heavy atom. The summed E-state index contributed by atoms with van der Waals surface area (Å²) < 4.78 is 4.74. The van der Waals surface area contributed by atoms with Gasteiger partial charge in [-0.2, -0.15) is 0 Å². The third-order valence-electron chi connectivity index (χ3n) is 4.37. The zero-order valence-electron chi connectivity index (χ0n) is 15.7. The number of aromatic nitrogens is 4. The Balaban J connectivity index is 0.000000419. The van der Waals surface area contributed by atoms with E-state index in [9.17, 15) is 19.5 Å². The van der Waals surface area contributed by atoms with E-state index in [1.54, 1.807) is 38.1 Å². The summed E-state index contributed by atoms with van der Waals surface area (Å²) in [6.07, 6.45) is 1.40. The molecule has 3 N–H and O–H groups in total. The molecule has 0 unspecified atom stereocenters. The average Bonchev–Trinajstić information content (AvgIpc) is 3.34. The van der Waals surface area contributed by atoms with Gasteiger partial charge in [-0.3, -0.25) is 9.59 Å². The van der Waals surface area contributed by atoms with E-state index in [0.29, 0.717) is 5.75 Å². The van der Waals surface area contributed by atoms with Gasteiger partial charge in [-0.05, 0) is 36.4 Å². The third-order valence-corrected chi connectivity index (χ3v) is 5.95. The molecule has 0 radical (unpaired) electrons. The zero-order chi connectivity index (χ0) is 21.0. The van der Waals surface area contributed by atoms with Crippen LogP contribution in [0, 0.1) is 0 Å². The number of aliphatic carboxylic acids is 1. The van der Waals surface area contributed by atoms with E-state index >= 15 is 0 Å². The molecule has 2 amide bonds. The Morgan fingerprint density at radius 2 is 2.07 bits per heavy atom. The number of benzene rings is 1. The lowest BCUT2D eigenvalue weighted by Crippen LogP contribution is -2.70. The van der Waals surface area contributed by atoms with Gasteiger partial charge in [0.2, 0.25) is 5.91 Å². The first-order chi connectivity index (χ1) is 13.8. The van der Waals surface area contributed by atoms with E-state index in [1.165, 1.54) is 23.0 Å². The molecule has 12 heteroatoms. The molecule has 1 aromatic carbocycles. The average molecular weight is 420 g/mol. The van der Waals surface area contributed by atoms with E-state index < -0.39 is 28.7 Å². The second-order valence-electron chi connectivity index (χ2n) is 6.81. The molecule has 11 nitrogen and oxygen atoms in total. The first-order valence-electron chi connectivity index (χ1n) is 8.68. The molecular weight excluding hydrogens is 400 g/mol. The monoisotopic (exact) mass is 420 g/mol. The minimum absolute atomic E-state index is 0.197. The maximum absolute atomic E-state index is 12.2. The smallest absolute Gasteiger partial charge is 0.327 e. The Hall–Kier alpha value is -3.15. The predicted octanol–water partition coefficient (Wildman–Crippen LogP) is -0.103. The fraction of sp³-hybridized carbons (Fsp3) is 0.412. The number of β-lactam (4-membered cyclic amide) rings is 1. The number of carboxylic acid groups (broad SMARTS) is 1. The van der Waals surface area contributed by atoms with E-state index in [-0.39, 0.29) is 17.9 Å². The molecule has 0 aliphatic carbocycles. The molecule has 154 valence electrons. The molecule has 2 aromatic rings. The number of ether oxygens (including phenoxy) is 1. The number of rotatable bonds is 5. The summed E-state index contributed by atoms with van der Waals surface area (Å²) in [6, 6.07) is 7.31. The van der Waals surface area contributed by atoms with Crippen LogP contribution in [0.3, 0.4) is 0 Å². The summed E-state index contributed by atoms with van der Waals surface area (Å²) in [5, 5.41) is 23.7. The number of para-hydroxylation sites is 1. The van der Waals surface area contributed by atoms with Gasteiger partial charge in [0.1, 0.15) is 29.5 Å². The van der Waals surface area contributed by atoms with Crippen LogP contribution in [-0.2, 0) is 14.4 Å². The SMILES string of the molecule is CC1(C)S[C@@H]2[C@H](NC(=O)COc3ccccc3)C(=O)N2[C@H]1C(=O)O.c1nnn[nH]1. The zero-order valence-corrected chi connectivity index (χ0v) is 16.5. The standard InChI is InChI=1S/C16H18N2O5S.CH2N4/c1-16(2)12(15(21)22)18-13(20)11(14(18)24-16)17-10(19)8-23-9-6-4-3-5-7-9;1-2-4-5-3-1/h3-7,11-12,14H,8H2,1-2H3,(H,17,19)(H,21,22);1H,(H,2,3,4,5)/t11-,12+,14-;/m1./s1. The van der Waals surface area contributed by atoms with E-state index in [2.05, 4.69) is 25.9 Å². The molecule has 2 aliphatic rings. The Morgan fingerprint density at radius 3 is 2.62 bits per heavy atom. The number of carbonyl (C=O) groups is 3. The number of hydrogen-bond acceptors (Lipinski definition) is 8. The Bertz CT molecular complexity index is 845. The van der Waals surface area contributed by atoms with Gasteiger partial charge < -0.3 is 20.1 Å². The number of nitrogens with one attached hydrogen (secondary N) is 2. The van der Waals surface area contributed by atoms with Gasteiger partial charge in [-0.25, -0.2) is 9.89 Å². The molecule has 3 heterocycles. The lowest BCUT2D eigenvalue weighted by molar-refractivity contribution is -0.161. The summed E-state index contributed by atoms with van der Waals surface area (Å²) in [6.45, 7) is 3.38. The quantitative estimate of drug-likeness (QED) is 0.563. The van der Waals surface area contributed by atoms with Gasteiger partial charge in [0, 0.05) is 4.75 Å². The normalized spacial score (nSPS) is 23.9. The lowest BCUT2D eigenvalue weighted by Gasteiger charge is -2.43. The van der Waals surface area contributed by atoms with Gasteiger partial charge in [0.15, 0.2) is 6.61 Å². The second-order valence-corrected chi connectivity index (χ2v) is 8.58. The molecule has 2 aliphatic heterocycles. The van der Waals surface area contributed by atoms with Crippen LogP contribution in [0.25, 0.3) is 0 Å². The highest BCUT2D eigenvalue weighted by molar-refractivity contribution is 8.01. The molecule has 0 bridgehead atoms. The first-order valence-corrected chi connectivity index (χ1v) is 9.56. The van der Waals surface area contributed by atoms with Crippen molar-refractivity contribution in [2.75, 3.05) is 6.61 Å². The van der Waals surface area contributed by atoms with Gasteiger partial charge in [0.25, 0.3) is 5.91 Å². The fourth-order valence-electron chi connectivity index (χ4n) is 3.16. The topological polar surface area (TPSA) is 150 Å². The summed E-state index contributed by atoms with van der Waals surface area (Å²) in [5.41, 5.74) is 0. The summed E-state index contributed by atoms with van der Waals surface area (Å²) in [7, 11) is 0. The van der Waals surface area contributed by atoms with Crippen molar-refractivity contribution < 1.29 is 24.2 Å². The highest BCUT2D eigenvalue weighted by Crippen LogP contribution is 2.50. The number of thioether (sulfide) groups is 1.